The molecule has 0 atom stereocenters. The molecule has 0 unspecified atom stereocenters. The number of amides is 2. The summed E-state index contributed by atoms with van der Waals surface area (Å²) in [6.45, 7) is 0.880. The van der Waals surface area contributed by atoms with E-state index in [-0.39, 0.29) is 25.0 Å². The van der Waals surface area contributed by atoms with Crippen LogP contribution in [0.5, 0.6) is 0 Å². The maximum Gasteiger partial charge on any atom is 0.256 e. The van der Waals surface area contributed by atoms with Gasteiger partial charge in [-0.2, -0.15) is 0 Å². The van der Waals surface area contributed by atoms with Crippen LogP contribution in [0.4, 0.5) is 5.69 Å². The van der Waals surface area contributed by atoms with Gasteiger partial charge in [0.15, 0.2) is 0 Å². The summed E-state index contributed by atoms with van der Waals surface area (Å²) in [4.78, 5) is 24.8. The van der Waals surface area contributed by atoms with E-state index in [0.29, 0.717) is 18.5 Å². The second-order valence-corrected chi connectivity index (χ2v) is 7.07. The molecule has 0 spiro atoms. The molecule has 1 aromatic heterocycles. The van der Waals surface area contributed by atoms with Gasteiger partial charge in [-0.15, -0.1) is 0 Å². The zero-order valence-electron chi connectivity index (χ0n) is 16.0. The molecule has 3 N–H and O–H groups in total. The number of aliphatic hydroxyl groups excluding tert-OH is 1. The van der Waals surface area contributed by atoms with Gasteiger partial charge in [-0.1, -0.05) is 36.4 Å². The molecule has 2 amide bonds. The number of benzene rings is 2. The third-order valence-corrected chi connectivity index (χ3v) is 5.05. The van der Waals surface area contributed by atoms with E-state index in [1.807, 2.05) is 65.4 Å². The fraction of sp³-hybridized carbons (Fsp3) is 0.217. The molecule has 1 aliphatic rings. The van der Waals surface area contributed by atoms with Crippen molar-refractivity contribution in [2.24, 2.45) is 0 Å². The molecule has 6 nitrogen and oxygen atoms in total. The molecule has 1 aliphatic heterocycles. The minimum Gasteiger partial charge on any atom is -0.396 e. The Morgan fingerprint density at radius 3 is 2.76 bits per heavy atom. The number of fused-ring (bicyclic) bond motifs is 2. The van der Waals surface area contributed by atoms with Gasteiger partial charge < -0.3 is 20.3 Å². The van der Waals surface area contributed by atoms with Crippen molar-refractivity contribution in [2.45, 2.75) is 19.4 Å². The summed E-state index contributed by atoms with van der Waals surface area (Å²) in [6, 6.07) is 15.5. The quantitative estimate of drug-likeness (QED) is 0.429. The SMILES string of the molecule is O=C(Cn1cc(/C=C2\C(=O)Nc3ccccc32)c2ccccc21)NCCCCO. The third-order valence-electron chi connectivity index (χ3n) is 5.05. The Morgan fingerprint density at radius 1 is 1.10 bits per heavy atom. The number of carbonyl (C=O) groups is 2. The fourth-order valence-corrected chi connectivity index (χ4v) is 3.63. The Hall–Kier alpha value is -3.38. The Morgan fingerprint density at radius 2 is 1.90 bits per heavy atom. The number of unbranched alkanes of at least 4 members (excludes halogenated alkanes) is 1. The van der Waals surface area contributed by atoms with Crippen LogP contribution < -0.4 is 10.6 Å². The number of aromatic nitrogens is 1. The van der Waals surface area contributed by atoms with Crippen LogP contribution in [0, 0.1) is 0 Å². The Balaban J connectivity index is 1.63. The summed E-state index contributed by atoms with van der Waals surface area (Å²) in [7, 11) is 0. The van der Waals surface area contributed by atoms with Gasteiger partial charge in [-0.25, -0.2) is 0 Å². The number of rotatable bonds is 7. The highest BCUT2D eigenvalue weighted by atomic mass is 16.3. The highest BCUT2D eigenvalue weighted by molar-refractivity contribution is 6.35. The van der Waals surface area contributed by atoms with E-state index >= 15 is 0 Å². The average molecular weight is 389 g/mol. The van der Waals surface area contributed by atoms with Gasteiger partial charge in [0.25, 0.3) is 5.91 Å². The van der Waals surface area contributed by atoms with Gasteiger partial charge >= 0.3 is 0 Å². The van der Waals surface area contributed by atoms with E-state index in [9.17, 15) is 9.59 Å². The topological polar surface area (TPSA) is 83.4 Å². The molecule has 0 radical (unpaired) electrons. The summed E-state index contributed by atoms with van der Waals surface area (Å²) >= 11 is 0. The molecule has 6 heteroatoms. The van der Waals surface area contributed by atoms with Crippen LogP contribution in [0.15, 0.2) is 54.7 Å². The van der Waals surface area contributed by atoms with Gasteiger partial charge in [-0.05, 0) is 31.1 Å². The first-order valence-electron chi connectivity index (χ1n) is 9.75. The second-order valence-electron chi connectivity index (χ2n) is 7.07. The molecule has 4 rings (SSSR count). The van der Waals surface area contributed by atoms with Crippen molar-refractivity contribution in [3.05, 3.63) is 65.9 Å². The van der Waals surface area contributed by atoms with E-state index < -0.39 is 0 Å². The van der Waals surface area contributed by atoms with Crippen LogP contribution in [0.25, 0.3) is 22.6 Å². The maximum absolute atomic E-state index is 12.5. The first-order valence-corrected chi connectivity index (χ1v) is 9.75. The Bertz CT molecular complexity index is 1100. The van der Waals surface area contributed by atoms with E-state index in [0.717, 1.165) is 34.1 Å². The molecule has 2 aromatic carbocycles. The van der Waals surface area contributed by atoms with Crippen molar-refractivity contribution < 1.29 is 14.7 Å². The van der Waals surface area contributed by atoms with Crippen LogP contribution in [-0.4, -0.2) is 34.6 Å². The lowest BCUT2D eigenvalue weighted by atomic mass is 10.0. The zero-order valence-corrected chi connectivity index (χ0v) is 16.0. The monoisotopic (exact) mass is 389 g/mol. The van der Waals surface area contributed by atoms with Crippen molar-refractivity contribution in [1.82, 2.24) is 9.88 Å². The van der Waals surface area contributed by atoms with Crippen molar-refractivity contribution >= 4 is 40.1 Å². The molecule has 148 valence electrons. The lowest BCUT2D eigenvalue weighted by molar-refractivity contribution is -0.121. The van der Waals surface area contributed by atoms with Crippen LogP contribution in [0.1, 0.15) is 24.0 Å². The van der Waals surface area contributed by atoms with Gasteiger partial charge in [-0.3, -0.25) is 9.59 Å². The minimum atomic E-state index is -0.121. The van der Waals surface area contributed by atoms with E-state index in [2.05, 4.69) is 10.6 Å². The standard InChI is InChI=1S/C23H23N3O3/c27-12-6-5-11-24-22(28)15-26-14-16(17-7-2-4-10-21(17)26)13-19-18-8-1-3-9-20(18)25-23(19)29/h1-4,7-10,13-14,27H,5-6,11-12,15H2,(H,24,28)(H,25,29)/b19-13-. The van der Waals surface area contributed by atoms with Crippen molar-refractivity contribution in [1.29, 1.82) is 0 Å². The molecular formula is C23H23N3O3. The molecule has 3 aromatic rings. The lowest BCUT2D eigenvalue weighted by Gasteiger charge is -2.07. The largest absolute Gasteiger partial charge is 0.396 e. The van der Waals surface area contributed by atoms with E-state index in [4.69, 9.17) is 5.11 Å². The predicted molar refractivity (Wildman–Crippen MR) is 114 cm³/mol. The number of hydrogen-bond acceptors (Lipinski definition) is 3. The summed E-state index contributed by atoms with van der Waals surface area (Å²) in [5.41, 5.74) is 4.16. The first-order chi connectivity index (χ1) is 14.2. The molecule has 0 bridgehead atoms. The number of nitrogens with zero attached hydrogens (tertiary/aromatic N) is 1. The number of carbonyl (C=O) groups excluding carboxylic acids is 2. The van der Waals surface area contributed by atoms with Crippen LogP contribution in [0.3, 0.4) is 0 Å². The van der Waals surface area contributed by atoms with Gasteiger partial charge in [0, 0.05) is 52.6 Å². The summed E-state index contributed by atoms with van der Waals surface area (Å²) in [6.07, 6.45) is 5.23. The number of nitrogens with one attached hydrogen (secondary N) is 2. The molecule has 2 heterocycles. The van der Waals surface area contributed by atoms with E-state index in [1.165, 1.54) is 0 Å². The molecular weight excluding hydrogens is 366 g/mol. The highest BCUT2D eigenvalue weighted by Gasteiger charge is 2.24. The average Bonchev–Trinajstić information content (AvgIpc) is 3.23. The van der Waals surface area contributed by atoms with Crippen LogP contribution in [-0.2, 0) is 16.1 Å². The van der Waals surface area contributed by atoms with E-state index in [1.54, 1.807) is 0 Å². The first kappa shape index (κ1) is 19.0. The van der Waals surface area contributed by atoms with Crippen molar-refractivity contribution in [3.8, 4) is 0 Å². The highest BCUT2D eigenvalue weighted by Crippen LogP contribution is 2.34. The smallest absolute Gasteiger partial charge is 0.256 e. The Labute approximate surface area is 168 Å². The number of para-hydroxylation sites is 2. The van der Waals surface area contributed by atoms with Crippen LogP contribution >= 0.6 is 0 Å². The fourth-order valence-electron chi connectivity index (χ4n) is 3.63. The molecule has 0 fully saturated rings. The van der Waals surface area contributed by atoms with Crippen molar-refractivity contribution in [3.63, 3.8) is 0 Å². The minimum absolute atomic E-state index is 0.0770. The zero-order chi connectivity index (χ0) is 20.2. The van der Waals surface area contributed by atoms with Crippen LogP contribution in [0.2, 0.25) is 0 Å². The number of aliphatic hydroxyl groups is 1. The molecule has 0 aliphatic carbocycles. The maximum atomic E-state index is 12.5. The number of hydrogen-bond donors (Lipinski definition) is 3. The Kier molecular flexibility index (Phi) is 5.44. The van der Waals surface area contributed by atoms with Gasteiger partial charge in [0.05, 0.1) is 0 Å². The molecule has 29 heavy (non-hydrogen) atoms. The molecule has 0 saturated heterocycles. The summed E-state index contributed by atoms with van der Waals surface area (Å²) in [5, 5.41) is 15.6. The number of anilines is 1. The van der Waals surface area contributed by atoms with Gasteiger partial charge in [0.2, 0.25) is 5.91 Å². The second kappa shape index (κ2) is 8.32. The predicted octanol–water partition coefficient (Wildman–Crippen LogP) is 3.02. The normalized spacial score (nSPS) is 14.2. The lowest BCUT2D eigenvalue weighted by Crippen LogP contribution is -2.28. The van der Waals surface area contributed by atoms with Crippen molar-refractivity contribution in [2.75, 3.05) is 18.5 Å². The molecule has 0 saturated carbocycles. The third kappa shape index (κ3) is 3.93. The summed E-state index contributed by atoms with van der Waals surface area (Å²) in [5.74, 6) is -0.198. The van der Waals surface area contributed by atoms with Gasteiger partial charge in [0.1, 0.15) is 6.54 Å². The summed E-state index contributed by atoms with van der Waals surface area (Å²) < 4.78 is 1.90.